The molecule has 0 saturated carbocycles. The number of hydrogen-bond donors (Lipinski definition) is 2. The topological polar surface area (TPSA) is 66.6 Å². The second-order valence-corrected chi connectivity index (χ2v) is 6.83. The molecule has 2 unspecified atom stereocenters. The van der Waals surface area contributed by atoms with E-state index < -0.39 is 0 Å². The van der Waals surface area contributed by atoms with E-state index in [-0.39, 0.29) is 18.6 Å². The molecular weight excluding hydrogens is 284 g/mol. The van der Waals surface area contributed by atoms with Gasteiger partial charge in [0.1, 0.15) is 4.88 Å². The molecule has 2 heterocycles. The van der Waals surface area contributed by atoms with Crippen LogP contribution in [0.2, 0.25) is 0 Å². The van der Waals surface area contributed by atoms with Gasteiger partial charge in [-0.3, -0.25) is 4.79 Å². The van der Waals surface area contributed by atoms with Gasteiger partial charge in [0, 0.05) is 16.6 Å². The fraction of sp³-hybridized carbons (Fsp3) is 0.438. The van der Waals surface area contributed by atoms with Crippen LogP contribution >= 0.6 is 11.3 Å². The first-order valence-electron chi connectivity index (χ1n) is 7.24. The number of nitrogen functional groups attached to an aromatic ring is 1. The molecule has 0 aliphatic carbocycles. The fourth-order valence-corrected chi connectivity index (χ4v) is 4.25. The number of aryl methyl sites for hydroxylation is 1. The minimum absolute atomic E-state index is 0.0106. The van der Waals surface area contributed by atoms with Crippen molar-refractivity contribution in [3.05, 3.63) is 28.6 Å². The molecule has 0 bridgehead atoms. The molecular formula is C16H20N2O2S. The lowest BCUT2D eigenvalue weighted by Crippen LogP contribution is -2.39. The third-order valence-electron chi connectivity index (χ3n) is 4.48. The van der Waals surface area contributed by atoms with E-state index in [0.717, 1.165) is 22.1 Å². The van der Waals surface area contributed by atoms with E-state index in [1.54, 1.807) is 4.90 Å². The number of nitrogens with zero attached hydrogens (tertiary/aromatic N) is 1. The highest BCUT2D eigenvalue weighted by Gasteiger charge is 2.35. The Morgan fingerprint density at radius 2 is 2.29 bits per heavy atom. The van der Waals surface area contributed by atoms with E-state index in [0.29, 0.717) is 23.0 Å². The van der Waals surface area contributed by atoms with Crippen LogP contribution in [0.3, 0.4) is 0 Å². The van der Waals surface area contributed by atoms with Gasteiger partial charge in [-0.1, -0.05) is 25.1 Å². The van der Waals surface area contributed by atoms with Gasteiger partial charge < -0.3 is 15.7 Å². The minimum atomic E-state index is -0.0943. The average molecular weight is 304 g/mol. The molecule has 1 saturated heterocycles. The smallest absolute Gasteiger partial charge is 0.266 e. The molecule has 1 aromatic carbocycles. The highest BCUT2D eigenvalue weighted by atomic mass is 32.1. The lowest BCUT2D eigenvalue weighted by Gasteiger charge is -2.24. The van der Waals surface area contributed by atoms with Gasteiger partial charge in [0.25, 0.3) is 5.91 Å². The third kappa shape index (κ3) is 2.21. The Balaban J connectivity index is 2.02. The van der Waals surface area contributed by atoms with Crippen molar-refractivity contribution < 1.29 is 9.90 Å². The zero-order chi connectivity index (χ0) is 15.1. The van der Waals surface area contributed by atoms with Crippen LogP contribution in [0.15, 0.2) is 18.2 Å². The summed E-state index contributed by atoms with van der Waals surface area (Å²) in [6, 6.07) is 5.86. The third-order valence-corrected chi connectivity index (χ3v) is 5.82. The molecule has 0 radical (unpaired) electrons. The molecule has 1 aliphatic rings. The maximum Gasteiger partial charge on any atom is 0.266 e. The summed E-state index contributed by atoms with van der Waals surface area (Å²) in [5.41, 5.74) is 7.90. The van der Waals surface area contributed by atoms with Crippen LogP contribution in [-0.4, -0.2) is 35.1 Å². The first kappa shape index (κ1) is 14.4. The average Bonchev–Trinajstić information content (AvgIpc) is 3.00. The van der Waals surface area contributed by atoms with Gasteiger partial charge in [0.15, 0.2) is 0 Å². The maximum atomic E-state index is 12.8. The first-order chi connectivity index (χ1) is 10.0. The van der Waals surface area contributed by atoms with E-state index in [1.807, 2.05) is 25.1 Å². The molecule has 1 amide bonds. The molecule has 1 aromatic heterocycles. The summed E-state index contributed by atoms with van der Waals surface area (Å²) in [6.45, 7) is 4.81. The Bertz CT molecular complexity index is 695. The summed E-state index contributed by atoms with van der Waals surface area (Å²) in [4.78, 5) is 15.2. The molecule has 3 rings (SSSR count). The van der Waals surface area contributed by atoms with Gasteiger partial charge in [0.05, 0.1) is 18.3 Å². The van der Waals surface area contributed by atoms with Crippen LogP contribution in [0.25, 0.3) is 10.1 Å². The largest absolute Gasteiger partial charge is 0.397 e. The standard InChI is InChI=1S/C16H20N2O2S/c1-9-6-7-18(12(9)8-19)16(20)15-13(17)11-5-3-4-10(2)14(11)21-15/h3-5,9,12,19H,6-8,17H2,1-2H3. The second-order valence-electron chi connectivity index (χ2n) is 5.81. The van der Waals surface area contributed by atoms with Crippen molar-refractivity contribution in [3.63, 3.8) is 0 Å². The normalized spacial score (nSPS) is 22.1. The summed E-state index contributed by atoms with van der Waals surface area (Å²) < 4.78 is 1.08. The number of rotatable bonds is 2. The monoisotopic (exact) mass is 304 g/mol. The zero-order valence-electron chi connectivity index (χ0n) is 12.3. The molecule has 1 aliphatic heterocycles. The highest BCUT2D eigenvalue weighted by Crippen LogP contribution is 2.37. The van der Waals surface area contributed by atoms with E-state index >= 15 is 0 Å². The Hall–Kier alpha value is -1.59. The van der Waals surface area contributed by atoms with Crippen LogP contribution in [0, 0.1) is 12.8 Å². The SMILES string of the molecule is Cc1cccc2c(N)c(C(=O)N3CCC(C)C3CO)sc12. The number of thiophene rings is 1. The van der Waals surface area contributed by atoms with Crippen molar-refractivity contribution in [1.29, 1.82) is 0 Å². The second kappa shape index (κ2) is 5.31. The molecule has 21 heavy (non-hydrogen) atoms. The number of aliphatic hydroxyl groups is 1. The van der Waals surface area contributed by atoms with Crippen molar-refractivity contribution in [2.75, 3.05) is 18.9 Å². The van der Waals surface area contributed by atoms with E-state index in [4.69, 9.17) is 5.73 Å². The summed E-state index contributed by atoms with van der Waals surface area (Å²) in [7, 11) is 0. The Morgan fingerprint density at radius 3 is 2.95 bits per heavy atom. The number of benzene rings is 1. The van der Waals surface area contributed by atoms with E-state index in [2.05, 4.69) is 6.92 Å². The van der Waals surface area contributed by atoms with Crippen molar-refractivity contribution >= 4 is 33.0 Å². The van der Waals surface area contributed by atoms with Gasteiger partial charge in [-0.05, 0) is 24.8 Å². The molecule has 1 fully saturated rings. The number of fused-ring (bicyclic) bond motifs is 1. The molecule has 0 spiro atoms. The van der Waals surface area contributed by atoms with Crippen molar-refractivity contribution in [1.82, 2.24) is 4.90 Å². The van der Waals surface area contributed by atoms with E-state index in [9.17, 15) is 9.90 Å². The predicted octanol–water partition coefficient (Wildman–Crippen LogP) is 2.63. The van der Waals surface area contributed by atoms with Crippen LogP contribution in [0.5, 0.6) is 0 Å². The van der Waals surface area contributed by atoms with Gasteiger partial charge >= 0.3 is 0 Å². The van der Waals surface area contributed by atoms with E-state index in [1.165, 1.54) is 11.3 Å². The fourth-order valence-electron chi connectivity index (χ4n) is 3.11. The van der Waals surface area contributed by atoms with Gasteiger partial charge in [-0.25, -0.2) is 0 Å². The van der Waals surface area contributed by atoms with Crippen LogP contribution in [-0.2, 0) is 0 Å². The number of anilines is 1. The predicted molar refractivity (Wildman–Crippen MR) is 86.7 cm³/mol. The molecule has 2 aromatic rings. The number of carbonyl (C=O) groups excluding carboxylic acids is 1. The summed E-state index contributed by atoms with van der Waals surface area (Å²) in [5, 5.41) is 10.5. The molecule has 3 N–H and O–H groups in total. The summed E-state index contributed by atoms with van der Waals surface area (Å²) >= 11 is 1.46. The Labute approximate surface area is 128 Å². The first-order valence-corrected chi connectivity index (χ1v) is 8.05. The zero-order valence-corrected chi connectivity index (χ0v) is 13.1. The number of hydrogen-bond acceptors (Lipinski definition) is 4. The van der Waals surface area contributed by atoms with Crippen molar-refractivity contribution in [2.24, 2.45) is 5.92 Å². The van der Waals surface area contributed by atoms with Crippen LogP contribution in [0.1, 0.15) is 28.6 Å². The molecule has 2 atom stereocenters. The highest BCUT2D eigenvalue weighted by molar-refractivity contribution is 7.21. The van der Waals surface area contributed by atoms with Crippen LogP contribution in [0.4, 0.5) is 5.69 Å². The summed E-state index contributed by atoms with van der Waals surface area (Å²) in [5.74, 6) is 0.285. The minimum Gasteiger partial charge on any atom is -0.397 e. The number of carbonyl (C=O) groups is 1. The number of nitrogens with two attached hydrogens (primary N) is 1. The molecule has 4 nitrogen and oxygen atoms in total. The number of amides is 1. The van der Waals surface area contributed by atoms with Gasteiger partial charge in [-0.2, -0.15) is 0 Å². The number of likely N-dealkylation sites (tertiary alicyclic amines) is 1. The maximum absolute atomic E-state index is 12.8. The van der Waals surface area contributed by atoms with Gasteiger partial charge in [0.2, 0.25) is 0 Å². The lowest BCUT2D eigenvalue weighted by molar-refractivity contribution is 0.0654. The summed E-state index contributed by atoms with van der Waals surface area (Å²) in [6.07, 6.45) is 0.931. The lowest BCUT2D eigenvalue weighted by atomic mass is 10.0. The van der Waals surface area contributed by atoms with Gasteiger partial charge in [-0.15, -0.1) is 11.3 Å². The number of aliphatic hydroxyl groups excluding tert-OH is 1. The Morgan fingerprint density at radius 1 is 1.52 bits per heavy atom. The van der Waals surface area contributed by atoms with Crippen molar-refractivity contribution in [2.45, 2.75) is 26.3 Å². The van der Waals surface area contributed by atoms with Crippen molar-refractivity contribution in [3.8, 4) is 0 Å². The Kier molecular flexibility index (Phi) is 3.63. The quantitative estimate of drug-likeness (QED) is 0.896. The molecule has 5 heteroatoms. The van der Waals surface area contributed by atoms with Crippen LogP contribution < -0.4 is 5.73 Å². The molecule has 112 valence electrons.